The molecule has 62 valence electrons. The van der Waals surface area contributed by atoms with Crippen LogP contribution in [0.2, 0.25) is 0 Å². The Balaban J connectivity index is 3.92. The number of nitriles is 1. The summed E-state index contributed by atoms with van der Waals surface area (Å²) >= 11 is 4.97. The van der Waals surface area contributed by atoms with Crippen LogP contribution < -0.4 is 5.32 Å². The Hall–Kier alpha value is -0.820. The molecule has 0 saturated carbocycles. The maximum Gasteiger partial charge on any atom is 0.168 e. The summed E-state index contributed by atoms with van der Waals surface area (Å²) in [5.74, 6) is 0. The molecule has 0 aliphatic rings. The smallest absolute Gasteiger partial charge is 0.168 e. The molecule has 0 aromatic carbocycles. The van der Waals surface area contributed by atoms with Gasteiger partial charge in [-0.3, -0.25) is 0 Å². The second-order valence-electron chi connectivity index (χ2n) is 2.38. The molecule has 1 N–H and O–H groups in total. The lowest BCUT2D eigenvalue weighted by molar-refractivity contribution is 0.392. The summed E-state index contributed by atoms with van der Waals surface area (Å²) in [7, 11) is 3.65. The molecule has 0 spiro atoms. The zero-order chi connectivity index (χ0) is 8.85. The first-order valence-corrected chi connectivity index (χ1v) is 3.85. The van der Waals surface area contributed by atoms with E-state index in [1.54, 1.807) is 7.05 Å². The Morgan fingerprint density at radius 1 is 1.82 bits per heavy atom. The van der Waals surface area contributed by atoms with Crippen LogP contribution in [0.25, 0.3) is 0 Å². The molecular weight excluding hydrogens is 158 g/mol. The van der Waals surface area contributed by atoms with Gasteiger partial charge in [0.2, 0.25) is 0 Å². The van der Waals surface area contributed by atoms with E-state index in [2.05, 4.69) is 11.4 Å². The minimum atomic E-state index is 0.181. The topological polar surface area (TPSA) is 39.1 Å². The van der Waals surface area contributed by atoms with E-state index < -0.39 is 0 Å². The first kappa shape index (κ1) is 10.2. The Labute approximate surface area is 73.0 Å². The van der Waals surface area contributed by atoms with E-state index >= 15 is 0 Å². The maximum atomic E-state index is 8.40. The predicted octanol–water partition coefficient (Wildman–Crippen LogP) is 0.725. The second-order valence-corrected chi connectivity index (χ2v) is 2.76. The van der Waals surface area contributed by atoms with Crippen LogP contribution in [-0.2, 0) is 0 Å². The van der Waals surface area contributed by atoms with Gasteiger partial charge in [-0.2, -0.15) is 5.26 Å². The average Bonchev–Trinajstić information content (AvgIpc) is 2.02. The van der Waals surface area contributed by atoms with E-state index in [-0.39, 0.29) is 6.04 Å². The van der Waals surface area contributed by atoms with Gasteiger partial charge < -0.3 is 10.2 Å². The van der Waals surface area contributed by atoms with Crippen molar-refractivity contribution in [1.82, 2.24) is 10.2 Å². The molecule has 0 aliphatic carbocycles. The van der Waals surface area contributed by atoms with Gasteiger partial charge in [-0.1, -0.05) is 0 Å². The van der Waals surface area contributed by atoms with Crippen molar-refractivity contribution in [1.29, 1.82) is 5.26 Å². The molecule has 3 nitrogen and oxygen atoms in total. The van der Waals surface area contributed by atoms with Crippen LogP contribution in [0.1, 0.15) is 13.3 Å². The van der Waals surface area contributed by atoms with Crippen molar-refractivity contribution in [2.75, 3.05) is 14.1 Å². The first-order valence-electron chi connectivity index (χ1n) is 3.45. The number of rotatable bonds is 2. The fourth-order valence-electron chi connectivity index (χ4n) is 0.646. The number of nitrogens with one attached hydrogen (secondary N) is 1. The van der Waals surface area contributed by atoms with Crippen LogP contribution in [0.4, 0.5) is 0 Å². The molecule has 0 bridgehead atoms. The summed E-state index contributed by atoms with van der Waals surface area (Å²) in [6.45, 7) is 1.97. The quantitative estimate of drug-likeness (QED) is 0.622. The van der Waals surface area contributed by atoms with E-state index in [9.17, 15) is 0 Å². The van der Waals surface area contributed by atoms with Crippen molar-refractivity contribution in [3.05, 3.63) is 0 Å². The van der Waals surface area contributed by atoms with E-state index in [0.717, 1.165) is 0 Å². The van der Waals surface area contributed by atoms with Crippen LogP contribution >= 0.6 is 12.2 Å². The van der Waals surface area contributed by atoms with Crippen molar-refractivity contribution in [3.63, 3.8) is 0 Å². The standard InChI is InChI=1S/C7H13N3S/c1-6(4-5-8)10(3)7(11)9-2/h6H,4H2,1-3H3,(H,9,11). The van der Waals surface area contributed by atoms with Crippen molar-refractivity contribution in [2.45, 2.75) is 19.4 Å². The fraction of sp³-hybridized carbons (Fsp3) is 0.714. The molecule has 0 aromatic rings. The van der Waals surface area contributed by atoms with Crippen molar-refractivity contribution >= 4 is 17.3 Å². The van der Waals surface area contributed by atoms with Crippen molar-refractivity contribution in [2.24, 2.45) is 0 Å². The minimum absolute atomic E-state index is 0.181. The number of nitrogens with zero attached hydrogens (tertiary/aromatic N) is 2. The molecule has 0 aromatic heterocycles. The van der Waals surface area contributed by atoms with Gasteiger partial charge in [0.15, 0.2) is 5.11 Å². The molecule has 0 amide bonds. The molecule has 4 heteroatoms. The third kappa shape index (κ3) is 3.19. The van der Waals surface area contributed by atoms with Crippen LogP contribution in [0.3, 0.4) is 0 Å². The minimum Gasteiger partial charge on any atom is -0.366 e. The molecule has 0 radical (unpaired) electrons. The first-order chi connectivity index (χ1) is 5.13. The monoisotopic (exact) mass is 171 g/mol. The lowest BCUT2D eigenvalue weighted by Gasteiger charge is -2.24. The summed E-state index contributed by atoms with van der Waals surface area (Å²) in [5, 5.41) is 11.9. The number of hydrogen-bond donors (Lipinski definition) is 1. The SMILES string of the molecule is CNC(=S)N(C)C(C)CC#N. The highest BCUT2D eigenvalue weighted by Gasteiger charge is 2.09. The Bertz CT molecular complexity index is 173. The number of hydrogen-bond acceptors (Lipinski definition) is 2. The van der Waals surface area contributed by atoms with Crippen LogP contribution in [0.5, 0.6) is 0 Å². The van der Waals surface area contributed by atoms with Gasteiger partial charge >= 0.3 is 0 Å². The van der Waals surface area contributed by atoms with Gasteiger partial charge in [-0.15, -0.1) is 0 Å². The highest BCUT2D eigenvalue weighted by Crippen LogP contribution is 1.99. The van der Waals surface area contributed by atoms with Gasteiger partial charge in [0.1, 0.15) is 0 Å². The van der Waals surface area contributed by atoms with E-state index in [1.807, 2.05) is 18.9 Å². The van der Waals surface area contributed by atoms with Gasteiger partial charge in [-0.25, -0.2) is 0 Å². The summed E-state index contributed by atoms with van der Waals surface area (Å²) in [5.41, 5.74) is 0. The van der Waals surface area contributed by atoms with E-state index in [1.165, 1.54) is 0 Å². The zero-order valence-electron chi connectivity index (χ0n) is 7.09. The molecule has 0 aliphatic heterocycles. The molecule has 0 fully saturated rings. The van der Waals surface area contributed by atoms with Crippen LogP contribution in [-0.4, -0.2) is 30.1 Å². The van der Waals surface area contributed by atoms with Crippen molar-refractivity contribution in [3.8, 4) is 6.07 Å². The third-order valence-electron chi connectivity index (χ3n) is 1.58. The van der Waals surface area contributed by atoms with Gasteiger partial charge in [0, 0.05) is 20.1 Å². The zero-order valence-corrected chi connectivity index (χ0v) is 7.90. The molecule has 0 rings (SSSR count). The normalized spacial score (nSPS) is 11.5. The van der Waals surface area contributed by atoms with E-state index in [4.69, 9.17) is 17.5 Å². The van der Waals surface area contributed by atoms with E-state index in [0.29, 0.717) is 11.5 Å². The summed E-state index contributed by atoms with van der Waals surface area (Å²) < 4.78 is 0. The predicted molar refractivity (Wildman–Crippen MR) is 49.1 cm³/mol. The molecule has 0 saturated heterocycles. The average molecular weight is 171 g/mol. The largest absolute Gasteiger partial charge is 0.366 e. The molecule has 1 atom stereocenters. The van der Waals surface area contributed by atoms with Gasteiger partial charge in [-0.05, 0) is 19.1 Å². The number of thiocarbonyl (C=S) groups is 1. The summed E-state index contributed by atoms with van der Waals surface area (Å²) in [6.07, 6.45) is 0.498. The Kier molecular flexibility index (Phi) is 4.55. The maximum absolute atomic E-state index is 8.40. The van der Waals surface area contributed by atoms with Gasteiger partial charge in [0.05, 0.1) is 12.5 Å². The van der Waals surface area contributed by atoms with Crippen molar-refractivity contribution < 1.29 is 0 Å². The third-order valence-corrected chi connectivity index (χ3v) is 2.07. The lowest BCUT2D eigenvalue weighted by Crippen LogP contribution is -2.40. The molecule has 0 heterocycles. The molecule has 11 heavy (non-hydrogen) atoms. The van der Waals surface area contributed by atoms with Crippen LogP contribution in [0.15, 0.2) is 0 Å². The summed E-state index contributed by atoms with van der Waals surface area (Å²) in [4.78, 5) is 1.87. The molecular formula is C7H13N3S. The fourth-order valence-corrected chi connectivity index (χ4v) is 0.826. The molecule has 1 unspecified atom stereocenters. The Morgan fingerprint density at radius 2 is 2.36 bits per heavy atom. The highest BCUT2D eigenvalue weighted by atomic mass is 32.1. The van der Waals surface area contributed by atoms with Crippen LogP contribution in [0, 0.1) is 11.3 Å². The highest BCUT2D eigenvalue weighted by molar-refractivity contribution is 7.80. The van der Waals surface area contributed by atoms with Gasteiger partial charge in [0.25, 0.3) is 0 Å². The second kappa shape index (κ2) is 4.91. The summed E-state index contributed by atoms with van der Waals surface area (Å²) in [6, 6.07) is 2.28. The Morgan fingerprint density at radius 3 is 2.73 bits per heavy atom. The lowest BCUT2D eigenvalue weighted by atomic mass is 10.2.